The fraction of sp³-hybridized carbons (Fsp3) is 0.0667. The Hall–Kier alpha value is -3.62. The Bertz CT molecular complexity index is 904. The van der Waals surface area contributed by atoms with Crippen LogP contribution in [0.25, 0.3) is 11.4 Å². The molecule has 1 amide bonds. The van der Waals surface area contributed by atoms with Gasteiger partial charge in [-0.05, 0) is 40.8 Å². The number of nitro groups is 1. The molecule has 24 heavy (non-hydrogen) atoms. The number of hydrogen-bond acceptors (Lipinski definition) is 6. The van der Waals surface area contributed by atoms with Crippen molar-refractivity contribution in [2.75, 3.05) is 5.32 Å². The van der Waals surface area contributed by atoms with Gasteiger partial charge in [0.15, 0.2) is 5.82 Å². The summed E-state index contributed by atoms with van der Waals surface area (Å²) in [7, 11) is 1.73. The molecule has 0 unspecified atom stereocenters. The number of tetrazole rings is 1. The van der Waals surface area contributed by atoms with E-state index >= 15 is 0 Å². The van der Waals surface area contributed by atoms with E-state index in [1.165, 1.54) is 28.9 Å². The maximum atomic E-state index is 12.2. The zero-order valence-corrected chi connectivity index (χ0v) is 12.6. The van der Waals surface area contributed by atoms with Crippen molar-refractivity contribution in [2.24, 2.45) is 7.05 Å². The number of carbonyl (C=O) groups is 1. The van der Waals surface area contributed by atoms with Gasteiger partial charge in [0.25, 0.3) is 11.6 Å². The van der Waals surface area contributed by atoms with Gasteiger partial charge in [0.05, 0.1) is 4.92 Å². The van der Waals surface area contributed by atoms with Crippen molar-refractivity contribution >= 4 is 17.3 Å². The van der Waals surface area contributed by atoms with Gasteiger partial charge in [0.2, 0.25) is 0 Å². The topological polar surface area (TPSA) is 116 Å². The summed E-state index contributed by atoms with van der Waals surface area (Å²) in [5.41, 5.74) is 1.44. The van der Waals surface area contributed by atoms with Crippen molar-refractivity contribution in [3.05, 3.63) is 64.2 Å². The van der Waals surface area contributed by atoms with E-state index < -0.39 is 10.8 Å². The zero-order valence-electron chi connectivity index (χ0n) is 12.6. The summed E-state index contributed by atoms with van der Waals surface area (Å²) in [6, 6.07) is 12.5. The number of anilines is 1. The van der Waals surface area contributed by atoms with E-state index in [0.29, 0.717) is 11.5 Å². The van der Waals surface area contributed by atoms with Gasteiger partial charge in [0.1, 0.15) is 0 Å². The molecule has 9 nitrogen and oxygen atoms in total. The molecule has 0 atom stereocenters. The molecule has 120 valence electrons. The molecule has 0 aliphatic rings. The third kappa shape index (κ3) is 3.09. The lowest BCUT2D eigenvalue weighted by molar-refractivity contribution is -0.384. The van der Waals surface area contributed by atoms with Crippen molar-refractivity contribution in [3.63, 3.8) is 0 Å². The Morgan fingerprint density at radius 1 is 1.21 bits per heavy atom. The highest BCUT2D eigenvalue weighted by atomic mass is 16.6. The van der Waals surface area contributed by atoms with E-state index in [2.05, 4.69) is 20.8 Å². The second-order valence-electron chi connectivity index (χ2n) is 4.97. The Balaban J connectivity index is 1.76. The van der Waals surface area contributed by atoms with Gasteiger partial charge >= 0.3 is 0 Å². The number of amides is 1. The predicted octanol–water partition coefficient (Wildman–Crippen LogP) is 2.04. The molecular formula is C15H12N6O3. The fourth-order valence-electron chi connectivity index (χ4n) is 2.14. The number of aryl methyl sites for hydroxylation is 1. The van der Waals surface area contributed by atoms with Crippen molar-refractivity contribution in [3.8, 4) is 11.4 Å². The van der Waals surface area contributed by atoms with Crippen LogP contribution in [0.15, 0.2) is 48.5 Å². The van der Waals surface area contributed by atoms with E-state index in [1.54, 1.807) is 31.3 Å². The highest BCUT2D eigenvalue weighted by molar-refractivity contribution is 6.04. The van der Waals surface area contributed by atoms with Crippen LogP contribution in [0, 0.1) is 10.1 Å². The molecule has 0 saturated heterocycles. The normalized spacial score (nSPS) is 10.4. The molecule has 0 bridgehead atoms. The molecule has 3 rings (SSSR count). The number of nitrogens with one attached hydrogen (secondary N) is 1. The van der Waals surface area contributed by atoms with E-state index in [1.807, 2.05) is 0 Å². The summed E-state index contributed by atoms with van der Waals surface area (Å²) in [6.45, 7) is 0. The molecule has 0 saturated carbocycles. The van der Waals surface area contributed by atoms with Crippen LogP contribution in [-0.4, -0.2) is 31.0 Å². The first-order valence-electron chi connectivity index (χ1n) is 6.93. The number of benzene rings is 2. The van der Waals surface area contributed by atoms with E-state index in [0.717, 1.165) is 5.56 Å². The van der Waals surface area contributed by atoms with Gasteiger partial charge < -0.3 is 5.32 Å². The second-order valence-corrected chi connectivity index (χ2v) is 4.97. The maximum Gasteiger partial charge on any atom is 0.270 e. The summed E-state index contributed by atoms with van der Waals surface area (Å²) in [5, 5.41) is 24.7. The van der Waals surface area contributed by atoms with Crippen molar-refractivity contribution in [1.82, 2.24) is 20.2 Å². The number of nitrogens with zero attached hydrogens (tertiary/aromatic N) is 5. The third-order valence-electron chi connectivity index (χ3n) is 3.34. The molecule has 1 aromatic heterocycles. The first-order valence-corrected chi connectivity index (χ1v) is 6.93. The Morgan fingerprint density at radius 2 is 1.96 bits per heavy atom. The van der Waals surface area contributed by atoms with Crippen LogP contribution in [0.4, 0.5) is 11.4 Å². The quantitative estimate of drug-likeness (QED) is 0.580. The molecule has 9 heteroatoms. The molecule has 0 radical (unpaired) electrons. The minimum Gasteiger partial charge on any atom is -0.322 e. The lowest BCUT2D eigenvalue weighted by Gasteiger charge is -2.06. The summed E-state index contributed by atoms with van der Waals surface area (Å²) in [6.07, 6.45) is 0. The van der Waals surface area contributed by atoms with Gasteiger partial charge in [-0.2, -0.15) is 0 Å². The SMILES string of the molecule is Cn1nnnc1-c1ccc(NC(=O)c2cccc([N+](=O)[O-])c2)cc1. The summed E-state index contributed by atoms with van der Waals surface area (Å²) >= 11 is 0. The van der Waals surface area contributed by atoms with Gasteiger partial charge in [0, 0.05) is 36.0 Å². The van der Waals surface area contributed by atoms with Crippen LogP contribution in [0.3, 0.4) is 0 Å². The molecule has 0 aliphatic heterocycles. The lowest BCUT2D eigenvalue weighted by Crippen LogP contribution is -2.12. The monoisotopic (exact) mass is 324 g/mol. The Morgan fingerprint density at radius 3 is 2.58 bits per heavy atom. The summed E-state index contributed by atoms with van der Waals surface area (Å²) in [4.78, 5) is 22.4. The molecule has 0 aliphatic carbocycles. The average molecular weight is 324 g/mol. The number of non-ortho nitro benzene ring substituents is 1. The van der Waals surface area contributed by atoms with Gasteiger partial charge in [-0.25, -0.2) is 4.68 Å². The number of rotatable bonds is 4. The largest absolute Gasteiger partial charge is 0.322 e. The number of carbonyl (C=O) groups excluding carboxylic acids is 1. The third-order valence-corrected chi connectivity index (χ3v) is 3.34. The molecule has 0 spiro atoms. The molecule has 1 heterocycles. The minimum atomic E-state index is -0.541. The molecule has 1 N–H and O–H groups in total. The van der Waals surface area contributed by atoms with E-state index in [9.17, 15) is 14.9 Å². The van der Waals surface area contributed by atoms with Crippen LogP contribution in [0.2, 0.25) is 0 Å². The van der Waals surface area contributed by atoms with Crippen molar-refractivity contribution < 1.29 is 9.72 Å². The first-order chi connectivity index (χ1) is 11.5. The van der Waals surface area contributed by atoms with Crippen LogP contribution in [0.5, 0.6) is 0 Å². The highest BCUT2D eigenvalue weighted by Crippen LogP contribution is 2.19. The van der Waals surface area contributed by atoms with E-state index in [-0.39, 0.29) is 11.3 Å². The average Bonchev–Trinajstić information content (AvgIpc) is 3.01. The summed E-state index contributed by atoms with van der Waals surface area (Å²) < 4.78 is 1.54. The number of nitro benzene ring substituents is 1. The van der Waals surface area contributed by atoms with Crippen LogP contribution >= 0.6 is 0 Å². The molecule has 0 fully saturated rings. The van der Waals surface area contributed by atoms with Gasteiger partial charge in [-0.1, -0.05) is 6.07 Å². The van der Waals surface area contributed by atoms with Gasteiger partial charge in [-0.15, -0.1) is 5.10 Å². The van der Waals surface area contributed by atoms with Crippen molar-refractivity contribution in [2.45, 2.75) is 0 Å². The van der Waals surface area contributed by atoms with Crippen molar-refractivity contribution in [1.29, 1.82) is 0 Å². The number of hydrogen-bond donors (Lipinski definition) is 1. The van der Waals surface area contributed by atoms with Gasteiger partial charge in [-0.3, -0.25) is 14.9 Å². The number of aromatic nitrogens is 4. The summed E-state index contributed by atoms with van der Waals surface area (Å²) in [5.74, 6) is 0.179. The first kappa shape index (κ1) is 15.3. The fourth-order valence-corrected chi connectivity index (χ4v) is 2.14. The molecular weight excluding hydrogens is 312 g/mol. The standard InChI is InChI=1S/C15H12N6O3/c1-20-14(17-18-19-20)10-5-7-12(8-6-10)16-15(22)11-3-2-4-13(9-11)21(23)24/h2-9H,1H3,(H,16,22). The molecule has 3 aromatic rings. The van der Waals surface area contributed by atoms with E-state index in [4.69, 9.17) is 0 Å². The highest BCUT2D eigenvalue weighted by Gasteiger charge is 2.12. The molecule has 2 aromatic carbocycles. The Kier molecular flexibility index (Phi) is 3.98. The van der Waals surface area contributed by atoms with Crippen LogP contribution in [0.1, 0.15) is 10.4 Å². The minimum absolute atomic E-state index is 0.132. The smallest absolute Gasteiger partial charge is 0.270 e. The predicted molar refractivity (Wildman–Crippen MR) is 85.3 cm³/mol. The zero-order chi connectivity index (χ0) is 17.1. The lowest BCUT2D eigenvalue weighted by atomic mass is 10.1. The maximum absolute atomic E-state index is 12.2. The Labute approximate surface area is 136 Å². The van der Waals surface area contributed by atoms with Crippen LogP contribution < -0.4 is 5.32 Å². The van der Waals surface area contributed by atoms with Crippen LogP contribution in [-0.2, 0) is 7.05 Å². The second kappa shape index (κ2) is 6.24.